The Labute approximate surface area is 110 Å². The number of halogens is 1. The van der Waals surface area contributed by atoms with E-state index in [9.17, 15) is 0 Å². The molecule has 4 nitrogen and oxygen atoms in total. The van der Waals surface area contributed by atoms with Crippen LogP contribution < -0.4 is 0 Å². The number of aryl methyl sites for hydroxylation is 3. The highest BCUT2D eigenvalue weighted by Gasteiger charge is 2.16. The molecule has 0 N–H and O–H groups in total. The Morgan fingerprint density at radius 2 is 2.18 bits per heavy atom. The van der Waals surface area contributed by atoms with Gasteiger partial charge in [0.25, 0.3) is 0 Å². The molecule has 0 aliphatic heterocycles. The maximum Gasteiger partial charge on any atom is 0.158 e. The summed E-state index contributed by atoms with van der Waals surface area (Å²) in [5.41, 5.74) is 3.03. The van der Waals surface area contributed by atoms with Crippen LogP contribution in [0.5, 0.6) is 0 Å². The second-order valence-electron chi connectivity index (χ2n) is 4.04. The Hall–Kier alpha value is -0.680. The summed E-state index contributed by atoms with van der Waals surface area (Å²) in [5, 5.41) is 4.40. The number of alkyl halides is 1. The first-order valence-corrected chi connectivity index (χ1v) is 7.55. The highest BCUT2D eigenvalue weighted by Crippen LogP contribution is 2.20. The van der Waals surface area contributed by atoms with Gasteiger partial charge in [0.15, 0.2) is 5.65 Å². The molecule has 2 aromatic rings. The minimum absolute atomic E-state index is 0.452. The van der Waals surface area contributed by atoms with E-state index >= 15 is 0 Å². The average Bonchev–Trinajstić information content (AvgIpc) is 2.79. The van der Waals surface area contributed by atoms with Crippen molar-refractivity contribution < 1.29 is 0 Å². The van der Waals surface area contributed by atoms with Gasteiger partial charge in [-0.3, -0.25) is 4.68 Å². The monoisotopic (exact) mass is 272 g/mol. The summed E-state index contributed by atoms with van der Waals surface area (Å²) in [7, 11) is 1.96. The van der Waals surface area contributed by atoms with E-state index in [-0.39, 0.29) is 0 Å². The molecule has 2 rings (SSSR count). The fourth-order valence-electron chi connectivity index (χ4n) is 2.08. The average molecular weight is 273 g/mol. The van der Waals surface area contributed by atoms with Gasteiger partial charge >= 0.3 is 0 Å². The Balaban J connectivity index is 2.42. The number of aromatic nitrogens is 4. The van der Waals surface area contributed by atoms with Crippen molar-refractivity contribution in [1.82, 2.24) is 19.3 Å². The molecule has 0 aliphatic carbocycles. The summed E-state index contributed by atoms with van der Waals surface area (Å²) < 4.78 is 4.09. The van der Waals surface area contributed by atoms with E-state index in [2.05, 4.69) is 20.9 Å². The van der Waals surface area contributed by atoms with Crippen LogP contribution >= 0.6 is 23.4 Å². The molecule has 0 unspecified atom stereocenters. The summed E-state index contributed by atoms with van der Waals surface area (Å²) in [6.45, 7) is 2.94. The number of fused-ring (bicyclic) bond motifs is 1. The number of thioether (sulfide) groups is 1. The summed E-state index contributed by atoms with van der Waals surface area (Å²) in [6.07, 6.45) is 3.25. The van der Waals surface area contributed by atoms with Gasteiger partial charge < -0.3 is 4.57 Å². The highest BCUT2D eigenvalue weighted by molar-refractivity contribution is 7.98. The zero-order chi connectivity index (χ0) is 12.4. The van der Waals surface area contributed by atoms with Crippen LogP contribution in [0.1, 0.15) is 17.9 Å². The van der Waals surface area contributed by atoms with E-state index in [0.717, 1.165) is 41.4 Å². The summed E-state index contributed by atoms with van der Waals surface area (Å²) in [4.78, 5) is 4.57. The number of nitrogens with zero attached hydrogens (tertiary/aromatic N) is 4. The summed E-state index contributed by atoms with van der Waals surface area (Å²) in [5.74, 6) is 2.55. The van der Waals surface area contributed by atoms with Gasteiger partial charge in [-0.2, -0.15) is 16.9 Å². The predicted molar refractivity (Wildman–Crippen MR) is 73.8 cm³/mol. The van der Waals surface area contributed by atoms with Crippen molar-refractivity contribution in [2.24, 2.45) is 7.05 Å². The normalized spacial score (nSPS) is 11.5. The first-order chi connectivity index (χ1) is 8.19. The third-order valence-electron chi connectivity index (χ3n) is 2.82. The molecule has 0 radical (unpaired) electrons. The predicted octanol–water partition coefficient (Wildman–Crippen LogP) is 2.57. The zero-order valence-corrected chi connectivity index (χ0v) is 12.0. The fourth-order valence-corrected chi connectivity index (χ4v) is 2.71. The van der Waals surface area contributed by atoms with Crippen molar-refractivity contribution in [3.63, 3.8) is 0 Å². The van der Waals surface area contributed by atoms with Crippen molar-refractivity contribution >= 4 is 34.5 Å². The summed E-state index contributed by atoms with van der Waals surface area (Å²) >= 11 is 7.82. The summed E-state index contributed by atoms with van der Waals surface area (Å²) in [6, 6.07) is 0. The van der Waals surface area contributed by atoms with Crippen molar-refractivity contribution in [1.29, 1.82) is 0 Å². The Kier molecular flexibility index (Phi) is 3.99. The van der Waals surface area contributed by atoms with Crippen LogP contribution in [0.15, 0.2) is 0 Å². The molecule has 0 saturated carbocycles. The standard InChI is InChI=1S/C11H17ClN4S/c1-8-10-11(15(2)14-8)16(5-4-6-17-3)9(7-12)13-10/h4-7H2,1-3H3. The van der Waals surface area contributed by atoms with Crippen LogP contribution in [0, 0.1) is 6.92 Å². The van der Waals surface area contributed by atoms with Gasteiger partial charge in [-0.15, -0.1) is 11.6 Å². The van der Waals surface area contributed by atoms with Crippen LogP contribution in [0.2, 0.25) is 0 Å². The minimum Gasteiger partial charge on any atom is -0.312 e. The molecular formula is C11H17ClN4S. The van der Waals surface area contributed by atoms with Crippen molar-refractivity contribution in [2.75, 3.05) is 12.0 Å². The van der Waals surface area contributed by atoms with E-state index in [1.165, 1.54) is 0 Å². The maximum atomic E-state index is 5.96. The second kappa shape index (κ2) is 5.31. The smallest absolute Gasteiger partial charge is 0.158 e. The minimum atomic E-state index is 0.452. The lowest BCUT2D eigenvalue weighted by atomic mass is 10.4. The Morgan fingerprint density at radius 1 is 1.41 bits per heavy atom. The van der Waals surface area contributed by atoms with Crippen molar-refractivity contribution in [3.8, 4) is 0 Å². The lowest BCUT2D eigenvalue weighted by Gasteiger charge is -2.07. The van der Waals surface area contributed by atoms with Crippen LogP contribution in [0.4, 0.5) is 0 Å². The van der Waals surface area contributed by atoms with Crippen LogP contribution in [-0.2, 0) is 19.5 Å². The SMILES string of the molecule is CSCCCn1c(CCl)nc2c(C)nn(C)c21. The molecule has 0 atom stereocenters. The first-order valence-electron chi connectivity index (χ1n) is 5.62. The number of imidazole rings is 1. The maximum absolute atomic E-state index is 5.96. The zero-order valence-electron chi connectivity index (χ0n) is 10.4. The molecule has 6 heteroatoms. The van der Waals surface area contributed by atoms with Crippen molar-refractivity contribution in [2.45, 2.75) is 25.8 Å². The van der Waals surface area contributed by atoms with Gasteiger partial charge in [0.1, 0.15) is 11.3 Å². The lowest BCUT2D eigenvalue weighted by molar-refractivity contribution is 0.643. The molecular weight excluding hydrogens is 256 g/mol. The quantitative estimate of drug-likeness (QED) is 0.620. The number of hydrogen-bond acceptors (Lipinski definition) is 3. The van der Waals surface area contributed by atoms with Crippen LogP contribution in [0.3, 0.4) is 0 Å². The van der Waals surface area contributed by atoms with Crippen LogP contribution in [0.25, 0.3) is 11.2 Å². The third-order valence-corrected chi connectivity index (χ3v) is 3.75. The van der Waals surface area contributed by atoms with E-state index in [4.69, 9.17) is 11.6 Å². The Bertz CT molecular complexity index is 517. The van der Waals surface area contributed by atoms with Crippen LogP contribution in [-0.4, -0.2) is 31.3 Å². The molecule has 2 aromatic heterocycles. The lowest BCUT2D eigenvalue weighted by Crippen LogP contribution is -2.07. The fraction of sp³-hybridized carbons (Fsp3) is 0.636. The molecule has 2 heterocycles. The molecule has 0 fully saturated rings. The van der Waals surface area contributed by atoms with Crippen molar-refractivity contribution in [3.05, 3.63) is 11.5 Å². The first kappa shape index (κ1) is 12.8. The van der Waals surface area contributed by atoms with E-state index in [1.54, 1.807) is 0 Å². The van der Waals surface area contributed by atoms with Gasteiger partial charge in [-0.25, -0.2) is 4.98 Å². The van der Waals surface area contributed by atoms with E-state index < -0.39 is 0 Å². The van der Waals surface area contributed by atoms with Gasteiger partial charge in [0, 0.05) is 13.6 Å². The third kappa shape index (κ3) is 2.31. The molecule has 94 valence electrons. The largest absolute Gasteiger partial charge is 0.312 e. The Morgan fingerprint density at radius 3 is 2.82 bits per heavy atom. The number of hydrogen-bond donors (Lipinski definition) is 0. The molecule has 0 spiro atoms. The molecule has 0 aliphatic rings. The topological polar surface area (TPSA) is 35.6 Å². The number of rotatable bonds is 5. The van der Waals surface area contributed by atoms with Gasteiger partial charge in [-0.1, -0.05) is 0 Å². The molecule has 17 heavy (non-hydrogen) atoms. The van der Waals surface area contributed by atoms with E-state index in [0.29, 0.717) is 5.88 Å². The molecule has 0 amide bonds. The second-order valence-corrected chi connectivity index (χ2v) is 5.29. The van der Waals surface area contributed by atoms with E-state index in [1.807, 2.05) is 30.4 Å². The molecule has 0 aromatic carbocycles. The molecule has 0 bridgehead atoms. The molecule has 0 saturated heterocycles. The van der Waals surface area contributed by atoms with Gasteiger partial charge in [0.2, 0.25) is 0 Å². The van der Waals surface area contributed by atoms with Gasteiger partial charge in [-0.05, 0) is 25.4 Å². The van der Waals surface area contributed by atoms with Gasteiger partial charge in [0.05, 0.1) is 11.6 Å². The highest BCUT2D eigenvalue weighted by atomic mass is 35.5.